The Balaban J connectivity index is 1.52. The summed E-state index contributed by atoms with van der Waals surface area (Å²) >= 11 is 1.63. The van der Waals surface area contributed by atoms with E-state index in [-0.39, 0.29) is 0 Å². The van der Waals surface area contributed by atoms with Crippen LogP contribution in [0.15, 0.2) is 49.1 Å². The van der Waals surface area contributed by atoms with Gasteiger partial charge in [-0.25, -0.2) is 9.97 Å². The van der Waals surface area contributed by atoms with Crippen LogP contribution in [0.25, 0.3) is 32.7 Å². The molecule has 5 aromatic rings. The molecule has 5 aromatic heterocycles. The van der Waals surface area contributed by atoms with Gasteiger partial charge in [-0.3, -0.25) is 9.67 Å². The monoisotopic (exact) mass is 442 g/mol. The number of nitrogens with one attached hydrogen (secondary N) is 1. The minimum atomic E-state index is 0.374. The quantitative estimate of drug-likeness (QED) is 0.404. The van der Waals surface area contributed by atoms with E-state index in [0.29, 0.717) is 17.6 Å². The lowest BCUT2D eigenvalue weighted by Crippen LogP contribution is -2.00. The van der Waals surface area contributed by atoms with Crippen molar-refractivity contribution < 1.29 is 0 Å². The predicted molar refractivity (Wildman–Crippen MR) is 127 cm³/mol. The molecule has 0 saturated heterocycles. The molecule has 0 aromatic carbocycles. The molecule has 0 atom stereocenters. The molecule has 5 heterocycles. The lowest BCUT2D eigenvalue weighted by Gasteiger charge is -2.09. The fourth-order valence-electron chi connectivity index (χ4n) is 3.47. The van der Waals surface area contributed by atoms with Crippen LogP contribution < -0.4 is 5.32 Å². The summed E-state index contributed by atoms with van der Waals surface area (Å²) in [6.45, 7) is 6.25. The topological polar surface area (TPSA) is 94.3 Å². The molecule has 5 rings (SSSR count). The fourth-order valence-corrected chi connectivity index (χ4v) is 4.24. The molecule has 160 valence electrons. The van der Waals surface area contributed by atoms with Crippen molar-refractivity contribution in [2.75, 3.05) is 5.32 Å². The normalized spacial score (nSPS) is 11.4. The van der Waals surface area contributed by atoms with Crippen LogP contribution in [-0.2, 0) is 7.05 Å². The summed E-state index contributed by atoms with van der Waals surface area (Å²) in [5, 5.41) is 17.2. The molecular weight excluding hydrogens is 420 g/mol. The van der Waals surface area contributed by atoms with Gasteiger partial charge in [0.05, 0.1) is 27.1 Å². The van der Waals surface area contributed by atoms with Gasteiger partial charge in [-0.2, -0.15) is 10.2 Å². The van der Waals surface area contributed by atoms with Crippen LogP contribution in [0.3, 0.4) is 0 Å². The Labute approximate surface area is 189 Å². The lowest BCUT2D eigenvalue weighted by atomic mass is 10.1. The van der Waals surface area contributed by atoms with E-state index in [1.165, 1.54) is 0 Å². The van der Waals surface area contributed by atoms with Crippen molar-refractivity contribution in [3.63, 3.8) is 0 Å². The minimum absolute atomic E-state index is 0.374. The Morgan fingerprint density at radius 1 is 1.00 bits per heavy atom. The fraction of sp³-hybridized carbons (Fsp3) is 0.217. The summed E-state index contributed by atoms with van der Waals surface area (Å²) in [7, 11) is 1.92. The highest BCUT2D eigenvalue weighted by atomic mass is 32.1. The van der Waals surface area contributed by atoms with E-state index >= 15 is 0 Å². The number of aromatic nitrogens is 7. The van der Waals surface area contributed by atoms with Crippen molar-refractivity contribution >= 4 is 34.0 Å². The Morgan fingerprint density at radius 3 is 2.66 bits per heavy atom. The number of hydrogen-bond donors (Lipinski definition) is 1. The van der Waals surface area contributed by atoms with Crippen molar-refractivity contribution in [3.05, 3.63) is 59.6 Å². The van der Waals surface area contributed by atoms with Gasteiger partial charge in [0.1, 0.15) is 11.5 Å². The first-order valence-electron chi connectivity index (χ1n) is 10.3. The SMILES string of the molecule is Cc1ncc(-c2nn(C)cc2-c2cnc3ccc(Nc4cc(C(C)C)cnn4)nc3c2)s1. The first-order chi connectivity index (χ1) is 15.5. The molecule has 1 N–H and O–H groups in total. The molecule has 0 radical (unpaired) electrons. The Hall–Kier alpha value is -3.72. The van der Waals surface area contributed by atoms with Gasteiger partial charge in [0, 0.05) is 36.8 Å². The van der Waals surface area contributed by atoms with Crippen molar-refractivity contribution in [1.82, 2.24) is 34.9 Å². The summed E-state index contributed by atoms with van der Waals surface area (Å²) in [4.78, 5) is 14.8. The molecule has 0 amide bonds. The Bertz CT molecular complexity index is 1420. The lowest BCUT2D eigenvalue weighted by molar-refractivity contribution is 0.771. The standard InChI is InChI=1S/C23H22N8S/c1-13(2)15-8-22(29-26-10-15)28-21-6-5-18-19(27-21)7-16(9-25-18)17-12-31(4)30-23(17)20-11-24-14(3)32-20/h5-13H,1-4H3,(H,27,28,29). The number of pyridine rings is 2. The summed E-state index contributed by atoms with van der Waals surface area (Å²) < 4.78 is 1.82. The second kappa shape index (κ2) is 8.08. The van der Waals surface area contributed by atoms with Crippen molar-refractivity contribution in [2.24, 2.45) is 7.05 Å². The minimum Gasteiger partial charge on any atom is -0.323 e. The molecule has 32 heavy (non-hydrogen) atoms. The van der Waals surface area contributed by atoms with E-state index in [1.807, 2.05) is 61.5 Å². The number of thiazole rings is 1. The van der Waals surface area contributed by atoms with E-state index in [2.05, 4.69) is 44.4 Å². The molecule has 0 saturated carbocycles. The third-order valence-corrected chi connectivity index (χ3v) is 6.05. The van der Waals surface area contributed by atoms with E-state index in [0.717, 1.165) is 43.3 Å². The average Bonchev–Trinajstić information content (AvgIpc) is 3.38. The van der Waals surface area contributed by atoms with Gasteiger partial charge >= 0.3 is 0 Å². The van der Waals surface area contributed by atoms with Gasteiger partial charge in [0.25, 0.3) is 0 Å². The number of rotatable bonds is 5. The third kappa shape index (κ3) is 3.94. The van der Waals surface area contributed by atoms with Crippen LogP contribution in [0.1, 0.15) is 30.3 Å². The smallest absolute Gasteiger partial charge is 0.154 e. The van der Waals surface area contributed by atoms with E-state index in [1.54, 1.807) is 17.5 Å². The van der Waals surface area contributed by atoms with Gasteiger partial charge in [0.15, 0.2) is 5.82 Å². The van der Waals surface area contributed by atoms with Crippen molar-refractivity contribution in [2.45, 2.75) is 26.7 Å². The number of fused-ring (bicyclic) bond motifs is 1. The predicted octanol–water partition coefficient (Wildman–Crippen LogP) is 5.12. The maximum absolute atomic E-state index is 4.77. The third-order valence-electron chi connectivity index (χ3n) is 5.13. The van der Waals surface area contributed by atoms with Crippen LogP contribution in [0.2, 0.25) is 0 Å². The van der Waals surface area contributed by atoms with Crippen LogP contribution in [0.5, 0.6) is 0 Å². The average molecular weight is 443 g/mol. The maximum Gasteiger partial charge on any atom is 0.154 e. The Kier molecular flexibility index (Phi) is 5.10. The van der Waals surface area contributed by atoms with Crippen LogP contribution >= 0.6 is 11.3 Å². The van der Waals surface area contributed by atoms with Gasteiger partial charge in [-0.1, -0.05) is 13.8 Å². The zero-order valence-electron chi connectivity index (χ0n) is 18.2. The molecule has 0 bridgehead atoms. The summed E-state index contributed by atoms with van der Waals surface area (Å²) in [5.74, 6) is 1.73. The number of hydrogen-bond acceptors (Lipinski definition) is 8. The zero-order valence-corrected chi connectivity index (χ0v) is 19.1. The van der Waals surface area contributed by atoms with Crippen LogP contribution in [0, 0.1) is 6.92 Å². The molecule has 0 aliphatic carbocycles. The highest BCUT2D eigenvalue weighted by Gasteiger charge is 2.15. The zero-order chi connectivity index (χ0) is 22.2. The number of aryl methyl sites for hydroxylation is 2. The van der Waals surface area contributed by atoms with Gasteiger partial charge in [-0.15, -0.1) is 16.4 Å². The van der Waals surface area contributed by atoms with Crippen LogP contribution in [0.4, 0.5) is 11.6 Å². The molecule has 0 aliphatic heterocycles. The summed E-state index contributed by atoms with van der Waals surface area (Å²) in [6.07, 6.45) is 7.52. The maximum atomic E-state index is 4.77. The molecule has 0 unspecified atom stereocenters. The van der Waals surface area contributed by atoms with E-state index < -0.39 is 0 Å². The molecule has 0 spiro atoms. The van der Waals surface area contributed by atoms with E-state index in [4.69, 9.17) is 4.98 Å². The molecule has 8 nitrogen and oxygen atoms in total. The summed E-state index contributed by atoms with van der Waals surface area (Å²) in [6, 6.07) is 7.88. The van der Waals surface area contributed by atoms with Gasteiger partial charge in [-0.05, 0) is 42.7 Å². The summed E-state index contributed by atoms with van der Waals surface area (Å²) in [5.41, 5.74) is 5.58. The second-order valence-corrected chi connectivity index (χ2v) is 9.16. The highest BCUT2D eigenvalue weighted by molar-refractivity contribution is 7.15. The van der Waals surface area contributed by atoms with E-state index in [9.17, 15) is 0 Å². The van der Waals surface area contributed by atoms with Crippen LogP contribution in [-0.4, -0.2) is 34.9 Å². The molecular formula is C23H22N8S. The number of nitrogens with zero attached hydrogens (tertiary/aromatic N) is 7. The molecule has 0 aliphatic rings. The molecule has 9 heteroatoms. The highest BCUT2D eigenvalue weighted by Crippen LogP contribution is 2.34. The van der Waals surface area contributed by atoms with Gasteiger partial charge in [0.2, 0.25) is 0 Å². The van der Waals surface area contributed by atoms with Gasteiger partial charge < -0.3 is 5.32 Å². The first kappa shape index (κ1) is 20.2. The van der Waals surface area contributed by atoms with Crippen molar-refractivity contribution in [3.8, 4) is 21.7 Å². The first-order valence-corrected chi connectivity index (χ1v) is 11.1. The second-order valence-electron chi connectivity index (χ2n) is 7.92. The van der Waals surface area contributed by atoms with Crippen molar-refractivity contribution in [1.29, 1.82) is 0 Å². The number of anilines is 2. The largest absolute Gasteiger partial charge is 0.323 e. The molecule has 0 fully saturated rings. The Morgan fingerprint density at radius 2 is 1.88 bits per heavy atom.